The lowest BCUT2D eigenvalue weighted by atomic mass is 10.1. The van der Waals surface area contributed by atoms with Crippen molar-refractivity contribution in [3.63, 3.8) is 0 Å². The number of aromatic nitrogens is 2. The molecule has 0 amide bonds. The Balaban J connectivity index is 2.23. The summed E-state index contributed by atoms with van der Waals surface area (Å²) in [4.78, 5) is 16.3. The molecule has 0 saturated carbocycles. The predicted octanol–water partition coefficient (Wildman–Crippen LogP) is 2.70. The van der Waals surface area contributed by atoms with Crippen molar-refractivity contribution >= 4 is 23.2 Å². The van der Waals surface area contributed by atoms with E-state index >= 15 is 0 Å². The number of anilines is 1. The van der Waals surface area contributed by atoms with E-state index in [1.807, 2.05) is 43.3 Å². The lowest BCUT2D eigenvalue weighted by Gasteiger charge is -2.26. The van der Waals surface area contributed by atoms with Crippen LogP contribution in [-0.2, 0) is 7.05 Å². The van der Waals surface area contributed by atoms with Gasteiger partial charge in [-0.2, -0.15) is 0 Å². The Kier molecular flexibility index (Phi) is 4.99. The van der Waals surface area contributed by atoms with E-state index < -0.39 is 4.92 Å². The lowest BCUT2D eigenvalue weighted by molar-refractivity contribution is -0.388. The van der Waals surface area contributed by atoms with Crippen molar-refractivity contribution in [2.24, 2.45) is 7.05 Å². The van der Waals surface area contributed by atoms with Crippen LogP contribution >= 0.6 is 11.6 Å². The molecule has 7 nitrogen and oxygen atoms in total. The molecule has 118 valence electrons. The van der Waals surface area contributed by atoms with Gasteiger partial charge in [-0.05, 0) is 35.6 Å². The van der Waals surface area contributed by atoms with E-state index in [-0.39, 0.29) is 11.9 Å². The molecule has 1 aromatic carbocycles. The number of benzene rings is 1. The molecule has 0 bridgehead atoms. The smallest absolute Gasteiger partial charge is 0.362 e. The van der Waals surface area contributed by atoms with E-state index in [1.54, 1.807) is 11.6 Å². The topological polar surface area (TPSA) is 76.2 Å². The molecule has 8 heteroatoms. The minimum atomic E-state index is -0.498. The number of aryl methyl sites for hydroxylation is 1. The first-order valence-electron chi connectivity index (χ1n) is 6.72. The summed E-state index contributed by atoms with van der Waals surface area (Å²) in [6, 6.07) is 7.55. The molecule has 0 aliphatic carbocycles. The maximum atomic E-state index is 11.0. The third-order valence-corrected chi connectivity index (χ3v) is 3.79. The van der Waals surface area contributed by atoms with Gasteiger partial charge in [-0.1, -0.05) is 29.8 Å². The van der Waals surface area contributed by atoms with Crippen LogP contribution in [0.4, 0.5) is 11.6 Å². The summed E-state index contributed by atoms with van der Waals surface area (Å²) in [6.07, 6.45) is 1.42. The molecular formula is C14H18ClN5O2. The fourth-order valence-corrected chi connectivity index (χ4v) is 2.53. The molecule has 1 unspecified atom stereocenters. The molecule has 0 spiro atoms. The van der Waals surface area contributed by atoms with Gasteiger partial charge >= 0.3 is 5.82 Å². The summed E-state index contributed by atoms with van der Waals surface area (Å²) in [5.74, 6) is 0.197. The van der Waals surface area contributed by atoms with Crippen LogP contribution in [-0.4, -0.2) is 40.0 Å². The SMILES string of the molecule is CN(C)C(CNc1c([N+](=O)[O-])ncn1C)c1ccccc1Cl. The van der Waals surface area contributed by atoms with Gasteiger partial charge in [0, 0.05) is 18.6 Å². The summed E-state index contributed by atoms with van der Waals surface area (Å²) in [7, 11) is 5.59. The Morgan fingerprint density at radius 1 is 1.45 bits per heavy atom. The van der Waals surface area contributed by atoms with Gasteiger partial charge in [0.1, 0.15) is 0 Å². The standard InChI is InChI=1S/C14H18ClN5O2/c1-18(2)12(10-6-4-5-7-11(10)15)8-16-13-14(20(21)22)17-9-19(13)3/h4-7,9,12,16H,8H2,1-3H3. The van der Waals surface area contributed by atoms with E-state index in [0.29, 0.717) is 17.4 Å². The zero-order chi connectivity index (χ0) is 16.3. The van der Waals surface area contributed by atoms with Crippen LogP contribution in [0.1, 0.15) is 11.6 Å². The Hall–Kier alpha value is -2.12. The second-order valence-corrected chi connectivity index (χ2v) is 5.57. The average molecular weight is 324 g/mol. The number of nitrogens with zero attached hydrogens (tertiary/aromatic N) is 4. The van der Waals surface area contributed by atoms with Crippen LogP contribution in [0.3, 0.4) is 0 Å². The monoisotopic (exact) mass is 323 g/mol. The quantitative estimate of drug-likeness (QED) is 0.653. The van der Waals surface area contributed by atoms with Crippen LogP contribution in [0.25, 0.3) is 0 Å². The maximum absolute atomic E-state index is 11.0. The summed E-state index contributed by atoms with van der Waals surface area (Å²) < 4.78 is 1.59. The van der Waals surface area contributed by atoms with Crippen molar-refractivity contribution in [1.29, 1.82) is 0 Å². The molecule has 1 N–H and O–H groups in total. The Morgan fingerprint density at radius 2 is 2.14 bits per heavy atom. The van der Waals surface area contributed by atoms with Crippen LogP contribution in [0.5, 0.6) is 0 Å². The van der Waals surface area contributed by atoms with Crippen molar-refractivity contribution in [3.05, 3.63) is 51.3 Å². The number of nitro groups is 1. The van der Waals surface area contributed by atoms with Gasteiger partial charge in [-0.15, -0.1) is 0 Å². The van der Waals surface area contributed by atoms with E-state index in [1.165, 1.54) is 6.33 Å². The van der Waals surface area contributed by atoms with Gasteiger partial charge in [0.15, 0.2) is 0 Å². The molecule has 0 saturated heterocycles. The third-order valence-electron chi connectivity index (χ3n) is 3.44. The number of nitrogens with one attached hydrogen (secondary N) is 1. The number of rotatable bonds is 6. The van der Waals surface area contributed by atoms with E-state index in [9.17, 15) is 10.1 Å². The first-order chi connectivity index (χ1) is 10.4. The second-order valence-electron chi connectivity index (χ2n) is 5.17. The number of hydrogen-bond acceptors (Lipinski definition) is 5. The largest absolute Gasteiger partial charge is 0.406 e. The van der Waals surface area contributed by atoms with Crippen molar-refractivity contribution < 1.29 is 4.92 Å². The van der Waals surface area contributed by atoms with Crippen molar-refractivity contribution in [1.82, 2.24) is 14.5 Å². The zero-order valence-corrected chi connectivity index (χ0v) is 13.4. The number of halogens is 1. The van der Waals surface area contributed by atoms with Crippen molar-refractivity contribution in [2.45, 2.75) is 6.04 Å². The second kappa shape index (κ2) is 6.76. The van der Waals surface area contributed by atoms with Crippen LogP contribution in [0, 0.1) is 10.1 Å². The van der Waals surface area contributed by atoms with Gasteiger partial charge < -0.3 is 20.3 Å². The van der Waals surface area contributed by atoms with Crippen molar-refractivity contribution in [2.75, 3.05) is 26.0 Å². The van der Waals surface area contributed by atoms with Gasteiger partial charge in [-0.25, -0.2) is 0 Å². The molecule has 0 fully saturated rings. The summed E-state index contributed by atoms with van der Waals surface area (Å²) in [5.41, 5.74) is 0.964. The lowest BCUT2D eigenvalue weighted by Crippen LogP contribution is -2.27. The van der Waals surface area contributed by atoms with Crippen LogP contribution in [0.15, 0.2) is 30.6 Å². The summed E-state index contributed by atoms with van der Waals surface area (Å²) in [6.45, 7) is 0.469. The highest BCUT2D eigenvalue weighted by Crippen LogP contribution is 2.28. The Labute approximate surface area is 133 Å². The molecule has 0 aliphatic heterocycles. The van der Waals surface area contributed by atoms with Gasteiger partial charge in [0.05, 0.1) is 6.04 Å². The van der Waals surface area contributed by atoms with Gasteiger partial charge in [-0.3, -0.25) is 4.57 Å². The Bertz CT molecular complexity index is 671. The highest BCUT2D eigenvalue weighted by Gasteiger charge is 2.23. The van der Waals surface area contributed by atoms with Crippen LogP contribution < -0.4 is 5.32 Å². The van der Waals surface area contributed by atoms with Crippen LogP contribution in [0.2, 0.25) is 5.02 Å². The van der Waals surface area contributed by atoms with Crippen molar-refractivity contribution in [3.8, 4) is 0 Å². The molecular weight excluding hydrogens is 306 g/mol. The van der Waals surface area contributed by atoms with E-state index in [0.717, 1.165) is 5.56 Å². The normalized spacial score (nSPS) is 12.4. The number of hydrogen-bond donors (Lipinski definition) is 1. The summed E-state index contributed by atoms with van der Waals surface area (Å²) in [5, 5.41) is 14.8. The Morgan fingerprint density at radius 3 is 2.73 bits per heavy atom. The summed E-state index contributed by atoms with van der Waals surface area (Å²) >= 11 is 6.26. The number of imidazole rings is 1. The highest BCUT2D eigenvalue weighted by molar-refractivity contribution is 6.31. The van der Waals surface area contributed by atoms with Gasteiger partial charge in [0.2, 0.25) is 12.1 Å². The molecule has 2 rings (SSSR count). The minimum Gasteiger partial charge on any atom is -0.362 e. The molecule has 2 aromatic rings. The molecule has 1 atom stereocenters. The first kappa shape index (κ1) is 16.3. The molecule has 22 heavy (non-hydrogen) atoms. The molecule has 1 aromatic heterocycles. The molecule has 0 aliphatic rings. The number of likely N-dealkylation sites (N-methyl/N-ethyl adjacent to an activating group) is 1. The fraction of sp³-hybridized carbons (Fsp3) is 0.357. The average Bonchev–Trinajstić information content (AvgIpc) is 2.82. The first-order valence-corrected chi connectivity index (χ1v) is 7.10. The molecule has 1 heterocycles. The third kappa shape index (κ3) is 3.37. The highest BCUT2D eigenvalue weighted by atomic mass is 35.5. The minimum absolute atomic E-state index is 0.0248. The zero-order valence-electron chi connectivity index (χ0n) is 12.7. The van der Waals surface area contributed by atoms with Gasteiger partial charge in [0.25, 0.3) is 0 Å². The predicted molar refractivity (Wildman–Crippen MR) is 86.2 cm³/mol. The molecule has 0 radical (unpaired) electrons. The maximum Gasteiger partial charge on any atom is 0.406 e. The van der Waals surface area contributed by atoms with E-state index in [4.69, 9.17) is 11.6 Å². The van der Waals surface area contributed by atoms with E-state index in [2.05, 4.69) is 10.3 Å². The fourth-order valence-electron chi connectivity index (χ4n) is 2.26.